The summed E-state index contributed by atoms with van der Waals surface area (Å²) >= 11 is 3.19. The van der Waals surface area contributed by atoms with Gasteiger partial charge in [-0.2, -0.15) is 0 Å². The van der Waals surface area contributed by atoms with Gasteiger partial charge in [-0.05, 0) is 0 Å². The monoisotopic (exact) mass is 342 g/mol. The van der Waals surface area contributed by atoms with E-state index >= 15 is 0 Å². The van der Waals surface area contributed by atoms with E-state index in [1.54, 1.807) is 0 Å². The minimum atomic E-state index is 0.877. The molecule has 0 bridgehead atoms. The molecule has 0 radical (unpaired) electrons. The van der Waals surface area contributed by atoms with Crippen molar-refractivity contribution in [3.05, 3.63) is 95.1 Å². The molecule has 0 aliphatic carbocycles. The van der Waals surface area contributed by atoms with Crippen molar-refractivity contribution in [3.63, 3.8) is 0 Å². The van der Waals surface area contributed by atoms with Crippen LogP contribution < -0.4 is 0 Å². The van der Waals surface area contributed by atoms with Crippen molar-refractivity contribution in [2.24, 2.45) is 0 Å². The van der Waals surface area contributed by atoms with Gasteiger partial charge in [0.25, 0.3) is 0 Å². The fraction of sp³-hybridized carbons (Fsp3) is 0.158. The summed E-state index contributed by atoms with van der Waals surface area (Å²) in [5, 5.41) is 0. The van der Waals surface area contributed by atoms with Crippen molar-refractivity contribution in [2.75, 3.05) is 0 Å². The molecule has 0 aromatic heterocycles. The van der Waals surface area contributed by atoms with Crippen molar-refractivity contribution >= 4 is 16.0 Å². The Morgan fingerprint density at radius 1 is 0.905 bits per heavy atom. The summed E-state index contributed by atoms with van der Waals surface area (Å²) < 4.78 is 1.17. The summed E-state index contributed by atoms with van der Waals surface area (Å²) in [6.45, 7) is 5.57. The number of rotatable bonds is 7. The molecule has 2 aromatic rings. The molecule has 2 heteroatoms. The van der Waals surface area contributed by atoms with Gasteiger partial charge in [-0.25, -0.2) is 0 Å². The van der Waals surface area contributed by atoms with E-state index < -0.39 is 0 Å². The number of nitrogens with zero attached hydrogens (tertiary/aromatic N) is 1. The number of benzene rings is 2. The van der Waals surface area contributed by atoms with Crippen LogP contribution in [0.5, 0.6) is 0 Å². The standard InChI is InChI=1S/C19H21NSe/c1-2-3-14-19(21)20(15-17-10-6-4-7-11-17)16-18-12-8-5-9-13-18/h2,4-14,21H,1,3,15-16H2/p-1/b19-14-. The van der Waals surface area contributed by atoms with Gasteiger partial charge in [-0.3, -0.25) is 0 Å². The summed E-state index contributed by atoms with van der Waals surface area (Å²) in [6, 6.07) is 21.1. The molecular formula is C19H20NSe-. The fourth-order valence-electron chi connectivity index (χ4n) is 2.13. The first-order chi connectivity index (χ1) is 10.3. The Morgan fingerprint density at radius 3 is 1.81 bits per heavy atom. The summed E-state index contributed by atoms with van der Waals surface area (Å²) in [6.07, 6.45) is 4.97. The number of hydrogen-bond donors (Lipinski definition) is 0. The molecule has 0 spiro atoms. The molecule has 0 atom stereocenters. The predicted molar refractivity (Wildman–Crippen MR) is 90.8 cm³/mol. The Balaban J connectivity index is 2.15. The van der Waals surface area contributed by atoms with Crippen LogP contribution in [0.1, 0.15) is 17.5 Å². The van der Waals surface area contributed by atoms with E-state index in [9.17, 15) is 0 Å². The molecule has 0 fully saturated rings. The molecule has 0 saturated carbocycles. The molecule has 0 aliphatic rings. The summed E-state index contributed by atoms with van der Waals surface area (Å²) in [7, 11) is 0. The van der Waals surface area contributed by atoms with Crippen LogP contribution in [0.25, 0.3) is 0 Å². The second-order valence-corrected chi connectivity index (χ2v) is 5.77. The fourth-order valence-corrected chi connectivity index (χ4v) is 2.61. The average Bonchev–Trinajstić information content (AvgIpc) is 2.54. The Kier molecular flexibility index (Phi) is 6.33. The van der Waals surface area contributed by atoms with Crippen LogP contribution in [0, 0.1) is 0 Å². The van der Waals surface area contributed by atoms with Gasteiger partial charge in [-0.15, -0.1) is 0 Å². The normalized spacial score (nSPS) is 11.1. The first-order valence-electron chi connectivity index (χ1n) is 7.10. The van der Waals surface area contributed by atoms with Crippen molar-refractivity contribution in [3.8, 4) is 0 Å². The van der Waals surface area contributed by atoms with Crippen molar-refractivity contribution < 1.29 is 0 Å². The van der Waals surface area contributed by atoms with Crippen molar-refractivity contribution in [1.82, 2.24) is 4.90 Å². The zero-order chi connectivity index (χ0) is 14.9. The van der Waals surface area contributed by atoms with E-state index in [4.69, 9.17) is 0 Å². The molecule has 108 valence electrons. The molecule has 0 N–H and O–H groups in total. The topological polar surface area (TPSA) is 3.24 Å². The minimum absolute atomic E-state index is 0.877. The van der Waals surface area contributed by atoms with Gasteiger partial charge >= 0.3 is 136 Å². The van der Waals surface area contributed by atoms with Crippen LogP contribution in [-0.2, 0) is 13.1 Å². The third-order valence-electron chi connectivity index (χ3n) is 3.20. The number of allylic oxidation sites excluding steroid dienone is 2. The van der Waals surface area contributed by atoms with Crippen LogP contribution in [0.3, 0.4) is 0 Å². The predicted octanol–water partition coefficient (Wildman–Crippen LogP) is 4.27. The van der Waals surface area contributed by atoms with Gasteiger partial charge in [0.05, 0.1) is 0 Å². The van der Waals surface area contributed by atoms with E-state index in [2.05, 4.69) is 94.2 Å². The van der Waals surface area contributed by atoms with Gasteiger partial charge in [0.1, 0.15) is 0 Å². The molecule has 2 rings (SSSR count). The molecule has 2 aromatic carbocycles. The molecule has 1 nitrogen and oxygen atoms in total. The van der Waals surface area contributed by atoms with Crippen molar-refractivity contribution in [2.45, 2.75) is 19.5 Å². The molecule has 0 saturated heterocycles. The molecule has 21 heavy (non-hydrogen) atoms. The van der Waals surface area contributed by atoms with Gasteiger partial charge < -0.3 is 0 Å². The van der Waals surface area contributed by atoms with Crippen molar-refractivity contribution in [1.29, 1.82) is 0 Å². The van der Waals surface area contributed by atoms with Crippen LogP contribution in [0.15, 0.2) is 84.0 Å². The van der Waals surface area contributed by atoms with Gasteiger partial charge in [0.15, 0.2) is 0 Å². The molecule has 0 heterocycles. The Bertz CT molecular complexity index is 534. The Hall–Kier alpha value is -1.76. The van der Waals surface area contributed by atoms with Gasteiger partial charge in [-0.1, -0.05) is 0 Å². The first kappa shape index (κ1) is 15.6. The zero-order valence-electron chi connectivity index (χ0n) is 12.1. The van der Waals surface area contributed by atoms with Crippen LogP contribution in [0.2, 0.25) is 0 Å². The van der Waals surface area contributed by atoms with E-state index in [-0.39, 0.29) is 0 Å². The van der Waals surface area contributed by atoms with E-state index in [0.717, 1.165) is 19.5 Å². The molecule has 0 aliphatic heterocycles. The second kappa shape index (κ2) is 8.51. The van der Waals surface area contributed by atoms with Gasteiger partial charge in [0, 0.05) is 0 Å². The number of hydrogen-bond acceptors (Lipinski definition) is 1. The SMILES string of the molecule is C=CC/C=C(\[Se-])N(Cc1ccccc1)Cc1ccccc1. The summed E-state index contributed by atoms with van der Waals surface area (Å²) in [4.78, 5) is 2.36. The van der Waals surface area contributed by atoms with Gasteiger partial charge in [0.2, 0.25) is 0 Å². The summed E-state index contributed by atoms with van der Waals surface area (Å²) in [5.41, 5.74) is 2.63. The molecule has 0 unspecified atom stereocenters. The summed E-state index contributed by atoms with van der Waals surface area (Å²) in [5.74, 6) is 0. The van der Waals surface area contributed by atoms with Crippen LogP contribution >= 0.6 is 0 Å². The maximum atomic E-state index is 3.78. The van der Waals surface area contributed by atoms with E-state index in [1.165, 1.54) is 15.7 Å². The third kappa shape index (κ3) is 5.26. The third-order valence-corrected chi connectivity index (χ3v) is 4.09. The molecule has 0 amide bonds. The van der Waals surface area contributed by atoms with Crippen LogP contribution in [0.4, 0.5) is 0 Å². The second-order valence-electron chi connectivity index (χ2n) is 4.89. The maximum absolute atomic E-state index is 3.78. The zero-order valence-corrected chi connectivity index (χ0v) is 13.8. The van der Waals surface area contributed by atoms with E-state index in [0.29, 0.717) is 0 Å². The Morgan fingerprint density at radius 2 is 1.38 bits per heavy atom. The Labute approximate surface area is 135 Å². The van der Waals surface area contributed by atoms with E-state index in [1.807, 2.05) is 6.08 Å². The molecular weight excluding hydrogens is 321 g/mol. The van der Waals surface area contributed by atoms with Crippen LogP contribution in [-0.4, -0.2) is 20.9 Å². The average molecular weight is 341 g/mol. The first-order valence-corrected chi connectivity index (χ1v) is 7.96. The quantitative estimate of drug-likeness (QED) is 0.537.